The maximum Gasteiger partial charge on any atom is 0.471 e. The molecule has 0 unspecified atom stereocenters. The van der Waals surface area contributed by atoms with E-state index in [1.807, 2.05) is 0 Å². The second-order valence-corrected chi connectivity index (χ2v) is 5.12. The summed E-state index contributed by atoms with van der Waals surface area (Å²) >= 11 is 0. The zero-order chi connectivity index (χ0) is 19.2. The normalized spacial score (nSPS) is 13.3. The van der Waals surface area contributed by atoms with Crippen LogP contribution in [0.25, 0.3) is 0 Å². The van der Waals surface area contributed by atoms with E-state index < -0.39 is 12.1 Å². The van der Waals surface area contributed by atoms with E-state index in [-0.39, 0.29) is 32.3 Å². The molecular weight excluding hydrogens is 359 g/mol. The molecule has 0 aromatic heterocycles. The zero-order valence-corrected chi connectivity index (χ0v) is 13.9. The van der Waals surface area contributed by atoms with Crippen molar-refractivity contribution >= 4 is 17.5 Å². The quantitative estimate of drug-likeness (QED) is 0.582. The number of ether oxygens (including phenoxy) is 3. The van der Waals surface area contributed by atoms with Gasteiger partial charge in [-0.05, 0) is 6.07 Å². The van der Waals surface area contributed by atoms with E-state index in [4.69, 9.17) is 14.2 Å². The number of nitrogens with one attached hydrogen (secondary N) is 3. The summed E-state index contributed by atoms with van der Waals surface area (Å²) in [4.78, 5) is 22.4. The maximum absolute atomic E-state index is 12.0. The van der Waals surface area contributed by atoms with Gasteiger partial charge in [0.25, 0.3) is 5.91 Å². The molecule has 0 fully saturated rings. The number of anilines is 1. The van der Waals surface area contributed by atoms with Gasteiger partial charge in [-0.25, -0.2) is 0 Å². The predicted molar refractivity (Wildman–Crippen MR) is 84.3 cm³/mol. The van der Waals surface area contributed by atoms with Crippen LogP contribution in [-0.4, -0.2) is 58.1 Å². The largest absolute Gasteiger partial charge is 0.493 e. The molecule has 26 heavy (non-hydrogen) atoms. The van der Waals surface area contributed by atoms with Gasteiger partial charge in [-0.15, -0.1) is 0 Å². The van der Waals surface area contributed by atoms with Gasteiger partial charge in [0, 0.05) is 12.6 Å². The minimum absolute atomic E-state index is 0.0891. The van der Waals surface area contributed by atoms with E-state index >= 15 is 0 Å². The molecule has 8 nitrogen and oxygen atoms in total. The summed E-state index contributed by atoms with van der Waals surface area (Å²) in [5, 5.41) is 7.32. The number of carbonyl (C=O) groups excluding carboxylic acids is 2. The Morgan fingerprint density at radius 1 is 1.19 bits per heavy atom. The highest BCUT2D eigenvalue weighted by atomic mass is 19.4. The third-order valence-electron chi connectivity index (χ3n) is 3.35. The Labute approximate surface area is 147 Å². The van der Waals surface area contributed by atoms with Crippen molar-refractivity contribution in [1.29, 1.82) is 0 Å². The molecule has 0 bridgehead atoms. The second kappa shape index (κ2) is 8.61. The average molecular weight is 377 g/mol. The molecule has 144 valence electrons. The molecule has 0 radical (unpaired) electrons. The van der Waals surface area contributed by atoms with Crippen LogP contribution >= 0.6 is 0 Å². The number of amides is 2. The summed E-state index contributed by atoms with van der Waals surface area (Å²) in [5.74, 6) is -1.48. The number of alkyl halides is 3. The number of methoxy groups -OCH3 is 1. The van der Waals surface area contributed by atoms with Gasteiger partial charge >= 0.3 is 12.1 Å². The third kappa shape index (κ3) is 5.15. The number of fused-ring (bicyclic) bond motifs is 1. The first-order valence-corrected chi connectivity index (χ1v) is 7.62. The molecule has 3 N–H and O–H groups in total. The second-order valence-electron chi connectivity index (χ2n) is 5.12. The highest BCUT2D eigenvalue weighted by Gasteiger charge is 2.38. The van der Waals surface area contributed by atoms with Gasteiger partial charge in [-0.2, -0.15) is 13.2 Å². The van der Waals surface area contributed by atoms with Crippen LogP contribution in [0, 0.1) is 0 Å². The lowest BCUT2D eigenvalue weighted by molar-refractivity contribution is -0.173. The minimum atomic E-state index is -4.91. The Morgan fingerprint density at radius 2 is 1.96 bits per heavy atom. The van der Waals surface area contributed by atoms with E-state index in [0.29, 0.717) is 29.4 Å². The topological polar surface area (TPSA) is 97.9 Å². The van der Waals surface area contributed by atoms with E-state index in [9.17, 15) is 22.8 Å². The fourth-order valence-corrected chi connectivity index (χ4v) is 2.13. The number of benzene rings is 1. The first kappa shape index (κ1) is 19.6. The zero-order valence-electron chi connectivity index (χ0n) is 13.9. The number of hydrogen-bond donors (Lipinski definition) is 3. The first-order chi connectivity index (χ1) is 12.3. The number of halogens is 3. The van der Waals surface area contributed by atoms with Crippen molar-refractivity contribution in [1.82, 2.24) is 10.6 Å². The van der Waals surface area contributed by atoms with Crippen molar-refractivity contribution in [2.24, 2.45) is 0 Å². The Balaban J connectivity index is 1.76. The standard InChI is InChI=1S/C15H18F3N3O5/c1-24-11-6-9-10(20-8-21-13(9)22)7-12(11)26-5-4-25-3-2-19-14(23)15(16,17)18/h6-7,20H,2-5,8H2,1H3,(H,19,23)(H,21,22). The van der Waals surface area contributed by atoms with Crippen LogP contribution < -0.4 is 25.4 Å². The highest BCUT2D eigenvalue weighted by Crippen LogP contribution is 2.34. The number of rotatable bonds is 8. The van der Waals surface area contributed by atoms with Gasteiger partial charge in [0.05, 0.1) is 38.2 Å². The summed E-state index contributed by atoms with van der Waals surface area (Å²) in [6.07, 6.45) is -4.91. The van der Waals surface area contributed by atoms with Crippen molar-refractivity contribution in [3.05, 3.63) is 17.7 Å². The predicted octanol–water partition coefficient (Wildman–Crippen LogP) is 0.882. The van der Waals surface area contributed by atoms with Crippen LogP contribution in [0.1, 0.15) is 10.4 Å². The molecule has 0 spiro atoms. The summed E-state index contributed by atoms with van der Waals surface area (Å²) in [7, 11) is 1.43. The van der Waals surface area contributed by atoms with Gasteiger partial charge in [0.1, 0.15) is 6.61 Å². The van der Waals surface area contributed by atoms with Gasteiger partial charge in [0.2, 0.25) is 0 Å². The molecule has 1 heterocycles. The van der Waals surface area contributed by atoms with E-state index in [0.717, 1.165) is 0 Å². The lowest BCUT2D eigenvalue weighted by Crippen LogP contribution is -2.38. The van der Waals surface area contributed by atoms with Crippen LogP contribution in [-0.2, 0) is 9.53 Å². The van der Waals surface area contributed by atoms with Gasteiger partial charge < -0.3 is 30.2 Å². The molecule has 0 atom stereocenters. The summed E-state index contributed by atoms with van der Waals surface area (Å²) < 4.78 is 51.7. The maximum atomic E-state index is 12.0. The highest BCUT2D eigenvalue weighted by molar-refractivity contribution is 6.02. The Hall–Kier alpha value is -2.69. The van der Waals surface area contributed by atoms with Gasteiger partial charge in [0.15, 0.2) is 11.5 Å². The van der Waals surface area contributed by atoms with E-state index in [2.05, 4.69) is 10.6 Å². The first-order valence-electron chi connectivity index (χ1n) is 7.62. The lowest BCUT2D eigenvalue weighted by Gasteiger charge is -2.21. The molecule has 0 saturated carbocycles. The van der Waals surface area contributed by atoms with Crippen LogP contribution in [0.2, 0.25) is 0 Å². The summed E-state index contributed by atoms with van der Waals surface area (Å²) in [6.45, 7) is 0.142. The smallest absolute Gasteiger partial charge is 0.471 e. The molecule has 0 saturated heterocycles. The fraction of sp³-hybridized carbons (Fsp3) is 0.467. The van der Waals surface area contributed by atoms with Crippen molar-refractivity contribution in [3.63, 3.8) is 0 Å². The fourth-order valence-electron chi connectivity index (χ4n) is 2.13. The molecule has 2 amide bonds. The number of carbonyl (C=O) groups is 2. The summed E-state index contributed by atoms with van der Waals surface area (Å²) in [5.41, 5.74) is 1.03. The Morgan fingerprint density at radius 3 is 2.65 bits per heavy atom. The molecule has 1 aromatic rings. The van der Waals surface area contributed by atoms with E-state index in [1.165, 1.54) is 7.11 Å². The molecular formula is C15H18F3N3O5. The molecule has 2 rings (SSSR count). The minimum Gasteiger partial charge on any atom is -0.493 e. The van der Waals surface area contributed by atoms with Crippen molar-refractivity contribution in [3.8, 4) is 11.5 Å². The van der Waals surface area contributed by atoms with Crippen LogP contribution in [0.3, 0.4) is 0 Å². The van der Waals surface area contributed by atoms with Crippen LogP contribution in [0.15, 0.2) is 12.1 Å². The van der Waals surface area contributed by atoms with Crippen molar-refractivity contribution < 1.29 is 37.0 Å². The Bertz CT molecular complexity index is 667. The van der Waals surface area contributed by atoms with Crippen molar-refractivity contribution in [2.45, 2.75) is 6.18 Å². The third-order valence-corrected chi connectivity index (χ3v) is 3.35. The molecule has 1 aromatic carbocycles. The Kier molecular flexibility index (Phi) is 6.50. The lowest BCUT2D eigenvalue weighted by atomic mass is 10.1. The monoisotopic (exact) mass is 377 g/mol. The average Bonchev–Trinajstić information content (AvgIpc) is 2.59. The van der Waals surface area contributed by atoms with Gasteiger partial charge in [-0.1, -0.05) is 0 Å². The van der Waals surface area contributed by atoms with Crippen molar-refractivity contribution in [2.75, 3.05) is 45.5 Å². The van der Waals surface area contributed by atoms with Gasteiger partial charge in [-0.3, -0.25) is 9.59 Å². The van der Waals surface area contributed by atoms with E-state index in [1.54, 1.807) is 17.4 Å². The SMILES string of the molecule is COc1cc2c(cc1OCCOCCNC(=O)C(F)(F)F)NCNC2=O. The van der Waals surface area contributed by atoms with Crippen LogP contribution in [0.4, 0.5) is 18.9 Å². The molecule has 1 aliphatic rings. The number of hydrogen-bond acceptors (Lipinski definition) is 6. The molecule has 1 aliphatic heterocycles. The molecule has 11 heteroatoms. The molecule has 0 aliphatic carbocycles. The van der Waals surface area contributed by atoms with Crippen LogP contribution in [0.5, 0.6) is 11.5 Å². The summed E-state index contributed by atoms with van der Waals surface area (Å²) in [6, 6.07) is 3.16.